The van der Waals surface area contributed by atoms with Crippen molar-refractivity contribution in [1.82, 2.24) is 4.98 Å². The van der Waals surface area contributed by atoms with Gasteiger partial charge in [-0.3, -0.25) is 0 Å². The van der Waals surface area contributed by atoms with E-state index in [9.17, 15) is 13.2 Å². The first-order valence-electron chi connectivity index (χ1n) is 3.44. The van der Waals surface area contributed by atoms with E-state index in [1.807, 2.05) is 0 Å². The average Bonchev–Trinajstić information content (AvgIpc) is 2.04. The SMILES string of the molecule is N#CCc1cc(F)ncc1C(F)F. The average molecular weight is 186 g/mol. The summed E-state index contributed by atoms with van der Waals surface area (Å²) in [5.41, 5.74) is -0.395. The molecule has 0 saturated carbocycles. The molecule has 13 heavy (non-hydrogen) atoms. The molecule has 0 fully saturated rings. The first-order valence-corrected chi connectivity index (χ1v) is 3.44. The van der Waals surface area contributed by atoms with E-state index in [1.165, 1.54) is 0 Å². The third-order valence-corrected chi connectivity index (χ3v) is 1.50. The summed E-state index contributed by atoms with van der Waals surface area (Å²) < 4.78 is 36.9. The number of halogens is 3. The van der Waals surface area contributed by atoms with Crippen LogP contribution in [0.15, 0.2) is 12.3 Å². The topological polar surface area (TPSA) is 36.7 Å². The maximum Gasteiger partial charge on any atom is 0.265 e. The quantitative estimate of drug-likeness (QED) is 0.664. The summed E-state index contributed by atoms with van der Waals surface area (Å²) in [6.45, 7) is 0. The van der Waals surface area contributed by atoms with Crippen molar-refractivity contribution in [3.63, 3.8) is 0 Å². The lowest BCUT2D eigenvalue weighted by Gasteiger charge is -2.03. The van der Waals surface area contributed by atoms with Gasteiger partial charge in [-0.2, -0.15) is 9.65 Å². The molecule has 0 unspecified atom stereocenters. The number of rotatable bonds is 2. The number of aromatic nitrogens is 1. The van der Waals surface area contributed by atoms with Crippen LogP contribution in [0.2, 0.25) is 0 Å². The zero-order valence-corrected chi connectivity index (χ0v) is 6.47. The smallest absolute Gasteiger partial charge is 0.228 e. The van der Waals surface area contributed by atoms with Gasteiger partial charge in [-0.1, -0.05) is 0 Å². The number of pyridine rings is 1. The van der Waals surface area contributed by atoms with E-state index in [0.29, 0.717) is 0 Å². The second kappa shape index (κ2) is 3.90. The van der Waals surface area contributed by atoms with E-state index in [4.69, 9.17) is 5.26 Å². The standard InChI is InChI=1S/C8H5F3N2/c9-7-3-5(1-2-12)6(4-13-7)8(10)11/h3-4,8H,1H2. The number of nitriles is 1. The van der Waals surface area contributed by atoms with Gasteiger partial charge in [0.1, 0.15) is 0 Å². The minimum atomic E-state index is -2.73. The van der Waals surface area contributed by atoms with Crippen molar-refractivity contribution >= 4 is 0 Å². The molecule has 0 atom stereocenters. The fourth-order valence-corrected chi connectivity index (χ4v) is 0.913. The maximum absolute atomic E-state index is 12.5. The van der Waals surface area contributed by atoms with E-state index in [1.54, 1.807) is 6.07 Å². The minimum Gasteiger partial charge on any atom is -0.228 e. The molecule has 0 aliphatic heterocycles. The molecule has 0 bridgehead atoms. The summed E-state index contributed by atoms with van der Waals surface area (Å²) in [6, 6.07) is 2.53. The summed E-state index contributed by atoms with van der Waals surface area (Å²) in [5.74, 6) is -0.852. The number of nitrogens with zero attached hydrogens (tertiary/aromatic N) is 2. The zero-order valence-electron chi connectivity index (χ0n) is 6.47. The molecule has 0 aliphatic rings. The highest BCUT2D eigenvalue weighted by Crippen LogP contribution is 2.22. The van der Waals surface area contributed by atoms with Gasteiger partial charge in [0, 0.05) is 11.8 Å². The van der Waals surface area contributed by atoms with Crippen LogP contribution in [-0.4, -0.2) is 4.98 Å². The molecule has 0 spiro atoms. The maximum atomic E-state index is 12.5. The summed E-state index contributed by atoms with van der Waals surface area (Å²) in [4.78, 5) is 3.09. The Labute approximate surface area is 72.6 Å². The van der Waals surface area contributed by atoms with Crippen molar-refractivity contribution in [3.05, 3.63) is 29.3 Å². The van der Waals surface area contributed by atoms with Gasteiger partial charge in [-0.05, 0) is 11.6 Å². The first-order chi connectivity index (χ1) is 6.15. The molecule has 1 rings (SSSR count). The fourth-order valence-electron chi connectivity index (χ4n) is 0.913. The molecule has 68 valence electrons. The van der Waals surface area contributed by atoms with Gasteiger partial charge in [-0.25, -0.2) is 13.8 Å². The molecule has 2 nitrogen and oxygen atoms in total. The van der Waals surface area contributed by atoms with Crippen LogP contribution in [0.5, 0.6) is 0 Å². The monoisotopic (exact) mass is 186 g/mol. The fraction of sp³-hybridized carbons (Fsp3) is 0.250. The van der Waals surface area contributed by atoms with Crippen LogP contribution < -0.4 is 0 Å². The van der Waals surface area contributed by atoms with Gasteiger partial charge in [-0.15, -0.1) is 0 Å². The number of alkyl halides is 2. The van der Waals surface area contributed by atoms with Gasteiger partial charge >= 0.3 is 0 Å². The van der Waals surface area contributed by atoms with E-state index in [0.717, 1.165) is 12.3 Å². The molecule has 0 aliphatic carbocycles. The van der Waals surface area contributed by atoms with Crippen LogP contribution in [0.25, 0.3) is 0 Å². The highest BCUT2D eigenvalue weighted by molar-refractivity contribution is 5.27. The Bertz CT molecular complexity index is 344. The van der Waals surface area contributed by atoms with E-state index >= 15 is 0 Å². The molecule has 1 heterocycles. The van der Waals surface area contributed by atoms with Crippen molar-refractivity contribution < 1.29 is 13.2 Å². The van der Waals surface area contributed by atoms with Crippen molar-refractivity contribution in [3.8, 4) is 6.07 Å². The first kappa shape index (κ1) is 9.52. The lowest BCUT2D eigenvalue weighted by Crippen LogP contribution is -1.97. The lowest BCUT2D eigenvalue weighted by molar-refractivity contribution is 0.149. The van der Waals surface area contributed by atoms with Crippen LogP contribution in [0.4, 0.5) is 13.2 Å². The molecule has 5 heteroatoms. The predicted molar refractivity (Wildman–Crippen MR) is 38.5 cm³/mol. The molecule has 0 saturated heterocycles. The zero-order chi connectivity index (χ0) is 9.84. The molecule has 0 amide bonds. The molecule has 1 aromatic heterocycles. The Balaban J connectivity index is 3.12. The molecule has 0 N–H and O–H groups in total. The Hall–Kier alpha value is -1.57. The van der Waals surface area contributed by atoms with Gasteiger partial charge < -0.3 is 0 Å². The normalized spacial score (nSPS) is 10.1. The van der Waals surface area contributed by atoms with E-state index in [-0.39, 0.29) is 17.5 Å². The highest BCUT2D eigenvalue weighted by Gasteiger charge is 2.13. The Morgan fingerprint density at radius 2 is 2.23 bits per heavy atom. The Morgan fingerprint density at radius 1 is 1.54 bits per heavy atom. The number of hydrogen-bond acceptors (Lipinski definition) is 2. The van der Waals surface area contributed by atoms with Crippen molar-refractivity contribution in [1.29, 1.82) is 5.26 Å². The molecule has 1 aromatic rings. The van der Waals surface area contributed by atoms with Gasteiger partial charge in [0.15, 0.2) is 0 Å². The largest absolute Gasteiger partial charge is 0.265 e. The summed E-state index contributed by atoms with van der Waals surface area (Å²) in [5, 5.41) is 8.28. The third kappa shape index (κ3) is 2.18. The second-order valence-electron chi connectivity index (χ2n) is 2.34. The second-order valence-corrected chi connectivity index (χ2v) is 2.34. The van der Waals surface area contributed by atoms with Crippen molar-refractivity contribution in [2.75, 3.05) is 0 Å². The van der Waals surface area contributed by atoms with Crippen LogP contribution >= 0.6 is 0 Å². The van der Waals surface area contributed by atoms with Crippen LogP contribution in [0.3, 0.4) is 0 Å². The summed E-state index contributed by atoms with van der Waals surface area (Å²) >= 11 is 0. The van der Waals surface area contributed by atoms with E-state index in [2.05, 4.69) is 4.98 Å². The molecular formula is C8H5F3N2. The number of hydrogen-bond donors (Lipinski definition) is 0. The van der Waals surface area contributed by atoms with Crippen molar-refractivity contribution in [2.45, 2.75) is 12.8 Å². The van der Waals surface area contributed by atoms with Gasteiger partial charge in [0.25, 0.3) is 6.43 Å². The van der Waals surface area contributed by atoms with Crippen LogP contribution in [0.1, 0.15) is 17.6 Å². The van der Waals surface area contributed by atoms with Crippen LogP contribution in [-0.2, 0) is 6.42 Å². The highest BCUT2D eigenvalue weighted by atomic mass is 19.3. The van der Waals surface area contributed by atoms with Gasteiger partial charge in [0.05, 0.1) is 12.5 Å². The lowest BCUT2D eigenvalue weighted by atomic mass is 10.1. The predicted octanol–water partition coefficient (Wildman–Crippen LogP) is 2.22. The molecule has 0 radical (unpaired) electrons. The summed E-state index contributed by atoms with van der Waals surface area (Å²) in [7, 11) is 0. The Kier molecular flexibility index (Phi) is 2.85. The summed E-state index contributed by atoms with van der Waals surface area (Å²) in [6.07, 6.45) is -2.21. The van der Waals surface area contributed by atoms with Gasteiger partial charge in [0.2, 0.25) is 5.95 Å². The Morgan fingerprint density at radius 3 is 2.77 bits per heavy atom. The third-order valence-electron chi connectivity index (χ3n) is 1.50. The van der Waals surface area contributed by atoms with Crippen LogP contribution in [0, 0.1) is 17.3 Å². The molecule has 0 aromatic carbocycles. The van der Waals surface area contributed by atoms with E-state index < -0.39 is 12.4 Å². The minimum absolute atomic E-state index is 0.00926. The molecular weight excluding hydrogens is 181 g/mol. The van der Waals surface area contributed by atoms with Crippen molar-refractivity contribution in [2.24, 2.45) is 0 Å².